The molecular weight excluding hydrogens is 409 g/mol. The van der Waals surface area contributed by atoms with E-state index in [0.29, 0.717) is 5.69 Å². The van der Waals surface area contributed by atoms with Crippen molar-refractivity contribution in [1.29, 1.82) is 0 Å². The van der Waals surface area contributed by atoms with Gasteiger partial charge in [-0.15, -0.1) is 0 Å². The lowest BCUT2D eigenvalue weighted by molar-refractivity contribution is -0.136. The molecule has 0 saturated heterocycles. The van der Waals surface area contributed by atoms with Crippen molar-refractivity contribution in [1.82, 2.24) is 29.9 Å². The maximum Gasteiger partial charge on any atom is 0.417 e. The Morgan fingerprint density at radius 1 is 1.29 bits per heavy atom. The Labute approximate surface area is 177 Å². The number of aromatic nitrogens is 5. The number of amides is 1. The molecule has 1 amide bonds. The largest absolute Gasteiger partial charge is 0.417 e. The number of halogens is 3. The number of nitrogens with one attached hydrogen (secondary N) is 1. The quantitative estimate of drug-likeness (QED) is 0.635. The van der Waals surface area contributed by atoms with Crippen molar-refractivity contribution in [2.75, 3.05) is 0 Å². The monoisotopic (exact) mass is 434 g/mol. The zero-order valence-electron chi connectivity index (χ0n) is 17.9. The molecule has 0 aromatic carbocycles. The van der Waals surface area contributed by atoms with Crippen LogP contribution in [0.5, 0.6) is 0 Å². The van der Waals surface area contributed by atoms with E-state index in [4.69, 9.17) is 0 Å². The number of aryl methyl sites for hydroxylation is 2. The molecule has 31 heavy (non-hydrogen) atoms. The van der Waals surface area contributed by atoms with Gasteiger partial charge in [-0.25, -0.2) is 9.67 Å². The third-order valence-corrected chi connectivity index (χ3v) is 5.78. The number of pyridine rings is 1. The van der Waals surface area contributed by atoms with Crippen LogP contribution in [0.4, 0.5) is 13.2 Å². The molecule has 3 heterocycles. The van der Waals surface area contributed by atoms with Crippen LogP contribution < -0.4 is 5.32 Å². The van der Waals surface area contributed by atoms with E-state index in [1.165, 1.54) is 11.6 Å². The number of fused-ring (bicyclic) bond motifs is 1. The van der Waals surface area contributed by atoms with Gasteiger partial charge in [0.2, 0.25) is 5.91 Å². The van der Waals surface area contributed by atoms with E-state index in [9.17, 15) is 18.0 Å². The van der Waals surface area contributed by atoms with Crippen molar-refractivity contribution in [3.63, 3.8) is 0 Å². The lowest BCUT2D eigenvalue weighted by Gasteiger charge is -2.14. The maximum atomic E-state index is 13.7. The summed E-state index contributed by atoms with van der Waals surface area (Å²) in [6, 6.07) is 0.839. The molecule has 1 fully saturated rings. The highest BCUT2D eigenvalue weighted by molar-refractivity contribution is 5.85. The van der Waals surface area contributed by atoms with Gasteiger partial charge in [-0.2, -0.15) is 23.4 Å². The Hall–Kier alpha value is -2.91. The van der Waals surface area contributed by atoms with Gasteiger partial charge in [-0.1, -0.05) is 0 Å². The molecule has 3 aromatic heterocycles. The topological polar surface area (TPSA) is 77.6 Å². The average molecular weight is 434 g/mol. The molecule has 3 aromatic rings. The molecule has 1 N–H and O–H groups in total. The predicted molar refractivity (Wildman–Crippen MR) is 108 cm³/mol. The van der Waals surface area contributed by atoms with Crippen LogP contribution in [-0.2, 0) is 24.1 Å². The van der Waals surface area contributed by atoms with Crippen molar-refractivity contribution < 1.29 is 18.0 Å². The van der Waals surface area contributed by atoms with E-state index in [1.807, 2.05) is 25.5 Å². The molecule has 0 spiro atoms. The third-order valence-electron chi connectivity index (χ3n) is 5.78. The average Bonchev–Trinajstić information content (AvgIpc) is 3.41. The molecular formula is C21H25F3N6O. The Morgan fingerprint density at radius 3 is 2.58 bits per heavy atom. The van der Waals surface area contributed by atoms with Gasteiger partial charge >= 0.3 is 6.18 Å². The fourth-order valence-electron chi connectivity index (χ4n) is 4.00. The van der Waals surface area contributed by atoms with Gasteiger partial charge < -0.3 is 5.32 Å². The van der Waals surface area contributed by atoms with Crippen molar-refractivity contribution in [3.05, 3.63) is 40.5 Å². The normalized spacial score (nSPS) is 15.5. The standard InChI is InChI=1S/C21H25F3N6O/c1-5-29-13(4)15(9-25-29)11(2)26-18(31)10-30-20-19(12(3)28-30)16(21(22,23)24)8-17(27-20)14-6-7-14/h8-9,11,14H,5-7,10H2,1-4H3,(H,26,31)/t11-/m0/s1. The van der Waals surface area contributed by atoms with Crippen LogP contribution in [0.15, 0.2) is 12.3 Å². The van der Waals surface area contributed by atoms with Gasteiger partial charge in [0.15, 0.2) is 5.65 Å². The minimum atomic E-state index is -4.52. The van der Waals surface area contributed by atoms with Crippen LogP contribution in [0.25, 0.3) is 11.0 Å². The number of carbonyl (C=O) groups is 1. The van der Waals surface area contributed by atoms with E-state index in [0.717, 1.165) is 36.7 Å². The van der Waals surface area contributed by atoms with Crippen LogP contribution in [0.3, 0.4) is 0 Å². The maximum absolute atomic E-state index is 13.7. The molecule has 0 aliphatic heterocycles. The highest BCUT2D eigenvalue weighted by Crippen LogP contribution is 2.43. The van der Waals surface area contributed by atoms with Gasteiger partial charge in [-0.3, -0.25) is 9.48 Å². The molecule has 7 nitrogen and oxygen atoms in total. The summed E-state index contributed by atoms with van der Waals surface area (Å²) in [6.45, 7) is 7.78. The first-order chi connectivity index (χ1) is 14.6. The molecule has 1 saturated carbocycles. The Kier molecular flexibility index (Phi) is 5.26. The van der Waals surface area contributed by atoms with Crippen molar-refractivity contribution in [2.24, 2.45) is 0 Å². The summed E-state index contributed by atoms with van der Waals surface area (Å²) in [5, 5.41) is 11.3. The van der Waals surface area contributed by atoms with E-state index < -0.39 is 11.7 Å². The summed E-state index contributed by atoms with van der Waals surface area (Å²) in [5.41, 5.74) is 1.84. The number of hydrogen-bond donors (Lipinski definition) is 1. The fourth-order valence-corrected chi connectivity index (χ4v) is 4.00. The summed E-state index contributed by atoms with van der Waals surface area (Å²) in [6.07, 6.45) is -1.15. The second-order valence-corrected chi connectivity index (χ2v) is 8.10. The van der Waals surface area contributed by atoms with Crippen molar-refractivity contribution >= 4 is 16.9 Å². The summed E-state index contributed by atoms with van der Waals surface area (Å²) in [7, 11) is 0. The summed E-state index contributed by atoms with van der Waals surface area (Å²) < 4.78 is 44.2. The number of rotatable bonds is 6. The highest BCUT2D eigenvalue weighted by Gasteiger charge is 2.37. The smallest absolute Gasteiger partial charge is 0.348 e. The second-order valence-electron chi connectivity index (χ2n) is 8.10. The van der Waals surface area contributed by atoms with E-state index in [2.05, 4.69) is 20.5 Å². The molecule has 0 bridgehead atoms. The Balaban J connectivity index is 1.63. The van der Waals surface area contributed by atoms with Gasteiger partial charge in [0.1, 0.15) is 6.54 Å². The molecule has 1 aliphatic rings. The number of carbonyl (C=O) groups excluding carboxylic acids is 1. The first kappa shape index (κ1) is 21.3. The third kappa shape index (κ3) is 4.03. The number of nitrogens with zero attached hydrogens (tertiary/aromatic N) is 5. The van der Waals surface area contributed by atoms with Crippen LogP contribution in [0.2, 0.25) is 0 Å². The summed E-state index contributed by atoms with van der Waals surface area (Å²) >= 11 is 0. The first-order valence-corrected chi connectivity index (χ1v) is 10.4. The van der Waals surface area contributed by atoms with Gasteiger partial charge in [-0.05, 0) is 46.6 Å². The molecule has 1 aliphatic carbocycles. The molecule has 0 radical (unpaired) electrons. The zero-order chi connectivity index (χ0) is 22.5. The van der Waals surface area contributed by atoms with E-state index >= 15 is 0 Å². The van der Waals surface area contributed by atoms with Crippen molar-refractivity contribution in [2.45, 2.75) is 71.8 Å². The number of alkyl halides is 3. The SMILES string of the molecule is CCn1ncc([C@H](C)NC(=O)Cn2nc(C)c3c(C(F)(F)F)cc(C4CC4)nc32)c1C. The molecule has 166 valence electrons. The summed E-state index contributed by atoms with van der Waals surface area (Å²) in [5.74, 6) is -0.311. The minimum Gasteiger partial charge on any atom is -0.348 e. The van der Waals surface area contributed by atoms with Crippen LogP contribution in [0.1, 0.15) is 66.9 Å². The lowest BCUT2D eigenvalue weighted by atomic mass is 10.1. The van der Waals surface area contributed by atoms with Crippen LogP contribution in [0, 0.1) is 13.8 Å². The second kappa shape index (κ2) is 7.65. The molecule has 1 atom stereocenters. The Morgan fingerprint density at radius 2 is 2.00 bits per heavy atom. The zero-order valence-corrected chi connectivity index (χ0v) is 17.9. The van der Waals surface area contributed by atoms with Crippen LogP contribution in [-0.4, -0.2) is 30.5 Å². The predicted octanol–water partition coefficient (Wildman–Crippen LogP) is 4.04. The van der Waals surface area contributed by atoms with Gasteiger partial charge in [0.05, 0.1) is 28.9 Å². The lowest BCUT2D eigenvalue weighted by Crippen LogP contribution is -2.30. The minimum absolute atomic E-state index is 0.0427. The van der Waals surface area contributed by atoms with Gasteiger partial charge in [0, 0.05) is 29.4 Å². The molecule has 4 rings (SSSR count). The van der Waals surface area contributed by atoms with E-state index in [-0.39, 0.29) is 41.1 Å². The van der Waals surface area contributed by atoms with Gasteiger partial charge in [0.25, 0.3) is 0 Å². The van der Waals surface area contributed by atoms with E-state index in [1.54, 1.807) is 6.20 Å². The van der Waals surface area contributed by atoms with Crippen molar-refractivity contribution in [3.8, 4) is 0 Å². The van der Waals surface area contributed by atoms with Crippen LogP contribution >= 0.6 is 0 Å². The highest BCUT2D eigenvalue weighted by atomic mass is 19.4. The molecule has 0 unspecified atom stereocenters. The number of hydrogen-bond acceptors (Lipinski definition) is 4. The fraction of sp³-hybridized carbons (Fsp3) is 0.524. The first-order valence-electron chi connectivity index (χ1n) is 10.4. The Bertz CT molecular complexity index is 1140. The summed E-state index contributed by atoms with van der Waals surface area (Å²) in [4.78, 5) is 17.2. The molecule has 10 heteroatoms.